The first kappa shape index (κ1) is 19.0. The molecule has 0 aromatic carbocycles. The zero-order valence-corrected chi connectivity index (χ0v) is 14.1. The number of hydrogen-bond acceptors (Lipinski definition) is 10. The molecule has 11 nitrogen and oxygen atoms in total. The molecule has 25 heavy (non-hydrogen) atoms. The Morgan fingerprint density at radius 1 is 1.40 bits per heavy atom. The summed E-state index contributed by atoms with van der Waals surface area (Å²) in [6.45, 7) is 0.866. The van der Waals surface area contributed by atoms with Crippen molar-refractivity contribution in [3.05, 3.63) is 17.6 Å². The summed E-state index contributed by atoms with van der Waals surface area (Å²) in [6, 6.07) is 0. The molecule has 8 N–H and O–H groups in total. The maximum Gasteiger partial charge on any atom is 0.215 e. The average Bonchev–Trinajstić information content (AvgIpc) is 2.98. The summed E-state index contributed by atoms with van der Waals surface area (Å²) in [7, 11) is 2.50. The molecule has 11 heteroatoms. The van der Waals surface area contributed by atoms with E-state index in [-0.39, 0.29) is 28.3 Å². The van der Waals surface area contributed by atoms with E-state index < -0.39 is 24.7 Å². The van der Waals surface area contributed by atoms with E-state index in [9.17, 15) is 15.3 Å². The van der Waals surface area contributed by atoms with Crippen molar-refractivity contribution in [2.24, 2.45) is 5.73 Å². The highest BCUT2D eigenvalue weighted by molar-refractivity contribution is 6.08. The smallest absolute Gasteiger partial charge is 0.215 e. The second-order valence-corrected chi connectivity index (χ2v) is 5.51. The van der Waals surface area contributed by atoms with Crippen molar-refractivity contribution in [2.75, 3.05) is 26.6 Å². The van der Waals surface area contributed by atoms with E-state index in [2.05, 4.69) is 9.97 Å². The number of hydrogen-bond donors (Lipinski definition) is 6. The number of rotatable bonds is 6. The van der Waals surface area contributed by atoms with E-state index in [1.807, 2.05) is 0 Å². The number of nitrogen functional groups attached to an aromatic ring is 1. The van der Waals surface area contributed by atoms with E-state index in [4.69, 9.17) is 26.4 Å². The molecular formula is C14H22N6O5. The second kappa shape index (κ2) is 6.90. The van der Waals surface area contributed by atoms with E-state index in [0.717, 1.165) is 0 Å². The van der Waals surface area contributed by atoms with Crippen LogP contribution in [-0.2, 0) is 9.47 Å². The Kier molecular flexibility index (Phi) is 5.25. The van der Waals surface area contributed by atoms with Crippen molar-refractivity contribution in [3.8, 4) is 0 Å². The summed E-state index contributed by atoms with van der Waals surface area (Å²) in [5.74, 6) is 0.194. The number of anilines is 1. The summed E-state index contributed by atoms with van der Waals surface area (Å²) in [5, 5.41) is 38.4. The highest BCUT2D eigenvalue weighted by Crippen LogP contribution is 2.30. The predicted octanol–water partition coefficient (Wildman–Crippen LogP) is -1.56. The SMILES string of the molecule is COC(=N)c1cn([C@H](O)[C@H](O)[C@@](N)(CO)OC)c2nc(C)nc(N)c12. The number of aryl methyl sites for hydroxylation is 1. The fourth-order valence-corrected chi connectivity index (χ4v) is 2.46. The number of aliphatic hydroxyl groups excluding tert-OH is 3. The first-order valence-electron chi connectivity index (χ1n) is 7.28. The second-order valence-electron chi connectivity index (χ2n) is 5.51. The monoisotopic (exact) mass is 354 g/mol. The number of ether oxygens (including phenoxy) is 2. The van der Waals surface area contributed by atoms with Crippen LogP contribution in [0.4, 0.5) is 5.82 Å². The molecule has 0 saturated carbocycles. The molecule has 0 amide bonds. The quantitative estimate of drug-likeness (QED) is 0.203. The van der Waals surface area contributed by atoms with Crippen LogP contribution in [0.15, 0.2) is 6.20 Å². The first-order valence-corrected chi connectivity index (χ1v) is 7.28. The third-order valence-electron chi connectivity index (χ3n) is 3.96. The van der Waals surface area contributed by atoms with Crippen LogP contribution in [-0.4, -0.2) is 68.4 Å². The van der Waals surface area contributed by atoms with Gasteiger partial charge in [-0.3, -0.25) is 11.1 Å². The zero-order chi connectivity index (χ0) is 18.9. The molecular weight excluding hydrogens is 332 g/mol. The first-order chi connectivity index (χ1) is 11.7. The van der Waals surface area contributed by atoms with Crippen molar-refractivity contribution in [1.29, 1.82) is 5.41 Å². The zero-order valence-electron chi connectivity index (χ0n) is 14.1. The van der Waals surface area contributed by atoms with Gasteiger partial charge in [-0.25, -0.2) is 9.97 Å². The average molecular weight is 354 g/mol. The van der Waals surface area contributed by atoms with Crippen LogP contribution in [0.5, 0.6) is 0 Å². The van der Waals surface area contributed by atoms with E-state index >= 15 is 0 Å². The Hall–Kier alpha value is -2.31. The number of fused-ring (bicyclic) bond motifs is 1. The lowest BCUT2D eigenvalue weighted by atomic mass is 10.1. The molecule has 2 aromatic heterocycles. The fraction of sp³-hybridized carbons (Fsp3) is 0.500. The van der Waals surface area contributed by atoms with Crippen LogP contribution in [0.3, 0.4) is 0 Å². The van der Waals surface area contributed by atoms with Gasteiger partial charge in [-0.15, -0.1) is 0 Å². The van der Waals surface area contributed by atoms with Crippen LogP contribution in [0.25, 0.3) is 11.0 Å². The molecule has 0 bridgehead atoms. The van der Waals surface area contributed by atoms with Gasteiger partial charge in [0.1, 0.15) is 23.4 Å². The standard InChI is InChI=1S/C14H22N6O5/c1-6-18-10(15)8-7(11(16)24-2)4-20(12(8)19-6)13(23)9(22)14(17,5-21)25-3/h4,9,13,16,21-23H,5,17H2,1-3H3,(H2,15,18,19)/t9-,13+,14+/m0/s1. The van der Waals surface area contributed by atoms with Gasteiger partial charge in [0.05, 0.1) is 24.7 Å². The van der Waals surface area contributed by atoms with Gasteiger partial charge >= 0.3 is 0 Å². The third-order valence-corrected chi connectivity index (χ3v) is 3.96. The molecule has 0 unspecified atom stereocenters. The van der Waals surface area contributed by atoms with Crippen LogP contribution in [0.2, 0.25) is 0 Å². The maximum absolute atomic E-state index is 10.6. The molecule has 0 spiro atoms. The van der Waals surface area contributed by atoms with Gasteiger partial charge in [0.2, 0.25) is 5.90 Å². The van der Waals surface area contributed by atoms with Crippen molar-refractivity contribution in [1.82, 2.24) is 14.5 Å². The molecule has 0 aliphatic carbocycles. The van der Waals surface area contributed by atoms with Gasteiger partial charge in [-0.2, -0.15) is 0 Å². The highest BCUT2D eigenvalue weighted by Gasteiger charge is 2.40. The lowest BCUT2D eigenvalue weighted by Crippen LogP contribution is -2.58. The maximum atomic E-state index is 10.6. The van der Waals surface area contributed by atoms with Crippen molar-refractivity contribution >= 4 is 22.7 Å². The minimum Gasteiger partial charge on any atom is -0.481 e. The topological polar surface area (TPSA) is 186 Å². The summed E-state index contributed by atoms with van der Waals surface area (Å²) in [5.41, 5.74) is 10.2. The van der Waals surface area contributed by atoms with E-state index in [1.54, 1.807) is 6.92 Å². The summed E-state index contributed by atoms with van der Waals surface area (Å²) in [6.07, 6.45) is -2.02. The molecule has 0 saturated heterocycles. The van der Waals surface area contributed by atoms with Crippen LogP contribution in [0.1, 0.15) is 17.6 Å². The van der Waals surface area contributed by atoms with E-state index in [0.29, 0.717) is 5.82 Å². The molecule has 0 aliphatic rings. The Bertz CT molecular complexity index is 788. The number of aromatic nitrogens is 3. The molecule has 0 radical (unpaired) electrons. The normalized spacial score (nSPS) is 16.4. The largest absolute Gasteiger partial charge is 0.481 e. The molecule has 0 aliphatic heterocycles. The van der Waals surface area contributed by atoms with Crippen molar-refractivity contribution < 1.29 is 24.8 Å². The molecule has 138 valence electrons. The van der Waals surface area contributed by atoms with Crippen LogP contribution < -0.4 is 11.5 Å². The van der Waals surface area contributed by atoms with Crippen molar-refractivity contribution in [2.45, 2.75) is 25.0 Å². The van der Waals surface area contributed by atoms with Gasteiger partial charge in [0.15, 0.2) is 12.0 Å². The number of aliphatic hydroxyl groups is 3. The summed E-state index contributed by atoms with van der Waals surface area (Å²) < 4.78 is 11.0. The lowest BCUT2D eigenvalue weighted by Gasteiger charge is -2.34. The van der Waals surface area contributed by atoms with Gasteiger partial charge in [0.25, 0.3) is 0 Å². The molecule has 2 rings (SSSR count). The number of nitrogens with two attached hydrogens (primary N) is 2. The Labute approximate surface area is 143 Å². The number of nitrogens with zero attached hydrogens (tertiary/aromatic N) is 3. The van der Waals surface area contributed by atoms with Gasteiger partial charge in [0, 0.05) is 13.3 Å². The Morgan fingerprint density at radius 2 is 2.04 bits per heavy atom. The third kappa shape index (κ3) is 3.15. The number of nitrogens with one attached hydrogen (secondary N) is 1. The van der Waals surface area contributed by atoms with Crippen LogP contribution in [0, 0.1) is 12.3 Å². The minimum absolute atomic E-state index is 0.0904. The van der Waals surface area contributed by atoms with Crippen molar-refractivity contribution in [3.63, 3.8) is 0 Å². The minimum atomic E-state index is -1.90. The molecule has 3 atom stereocenters. The Morgan fingerprint density at radius 3 is 2.56 bits per heavy atom. The summed E-state index contributed by atoms with van der Waals surface area (Å²) in [4.78, 5) is 8.26. The molecule has 2 heterocycles. The summed E-state index contributed by atoms with van der Waals surface area (Å²) >= 11 is 0. The lowest BCUT2D eigenvalue weighted by molar-refractivity contribution is -0.176. The fourth-order valence-electron chi connectivity index (χ4n) is 2.46. The van der Waals surface area contributed by atoms with Gasteiger partial charge < -0.3 is 35.1 Å². The predicted molar refractivity (Wildman–Crippen MR) is 88.8 cm³/mol. The van der Waals surface area contributed by atoms with Crippen LogP contribution >= 0.6 is 0 Å². The van der Waals surface area contributed by atoms with Gasteiger partial charge in [-0.05, 0) is 6.92 Å². The molecule has 2 aromatic rings. The highest BCUT2D eigenvalue weighted by atomic mass is 16.5. The Balaban J connectivity index is 2.67. The van der Waals surface area contributed by atoms with E-state index in [1.165, 1.54) is 25.0 Å². The molecule has 0 fully saturated rings. The number of methoxy groups -OCH3 is 2. The van der Waals surface area contributed by atoms with Gasteiger partial charge in [-0.1, -0.05) is 0 Å².